The summed E-state index contributed by atoms with van der Waals surface area (Å²) in [6, 6.07) is 7.10. The molecular weight excluding hydrogens is 344 g/mol. The van der Waals surface area contributed by atoms with E-state index in [-0.39, 0.29) is 5.91 Å². The second-order valence-electron chi connectivity index (χ2n) is 4.44. The summed E-state index contributed by atoms with van der Waals surface area (Å²) in [6.07, 6.45) is 1.62. The van der Waals surface area contributed by atoms with Gasteiger partial charge in [0.2, 0.25) is 0 Å². The van der Waals surface area contributed by atoms with E-state index in [9.17, 15) is 4.79 Å². The van der Waals surface area contributed by atoms with E-state index in [2.05, 4.69) is 21.2 Å². The van der Waals surface area contributed by atoms with Crippen LogP contribution in [0.2, 0.25) is 5.02 Å². The summed E-state index contributed by atoms with van der Waals surface area (Å²) in [5.41, 5.74) is 1.28. The molecule has 106 valence electrons. The highest BCUT2D eigenvalue weighted by Crippen LogP contribution is 2.23. The lowest BCUT2D eigenvalue weighted by Gasteiger charge is -2.13. The van der Waals surface area contributed by atoms with Crippen LogP contribution in [0.25, 0.3) is 0 Å². The van der Waals surface area contributed by atoms with Crippen molar-refractivity contribution in [3.8, 4) is 0 Å². The highest BCUT2D eigenvalue weighted by Gasteiger charge is 2.13. The maximum Gasteiger partial charge on any atom is 0.254 e. The molecule has 0 aliphatic rings. The third-order valence-electron chi connectivity index (χ3n) is 2.75. The molecule has 1 aromatic heterocycles. The zero-order valence-corrected chi connectivity index (χ0v) is 13.5. The molecule has 1 heterocycles. The number of anilines is 1. The second-order valence-corrected chi connectivity index (χ2v) is 5.70. The topological polar surface area (TPSA) is 45.5 Å². The maximum atomic E-state index is 12.0. The second kappa shape index (κ2) is 6.33. The first kappa shape index (κ1) is 14.9. The maximum absolute atomic E-state index is 12.0. The van der Waals surface area contributed by atoms with Crippen LogP contribution in [0.4, 0.5) is 5.69 Å². The summed E-state index contributed by atoms with van der Waals surface area (Å²) in [5.74, 6) is 0.665. The predicted octanol–water partition coefficient (Wildman–Crippen LogP) is 4.01. The number of halogens is 2. The molecule has 2 aromatic rings. The Kier molecular flexibility index (Phi) is 4.73. The number of carbonyl (C=O) groups excluding carboxylic acids is 1. The van der Waals surface area contributed by atoms with Gasteiger partial charge in [-0.2, -0.15) is 0 Å². The SMILES string of the molecule is CN(C)C(=O)c1cc(NCc2occc2Br)ccc1Cl. The van der Waals surface area contributed by atoms with Crippen molar-refractivity contribution in [1.82, 2.24) is 4.90 Å². The summed E-state index contributed by atoms with van der Waals surface area (Å²) in [7, 11) is 3.39. The molecule has 0 atom stereocenters. The third-order valence-corrected chi connectivity index (χ3v) is 3.78. The molecule has 20 heavy (non-hydrogen) atoms. The lowest BCUT2D eigenvalue weighted by Crippen LogP contribution is -2.22. The zero-order valence-electron chi connectivity index (χ0n) is 11.1. The molecule has 0 aliphatic heterocycles. The molecule has 6 heteroatoms. The van der Waals surface area contributed by atoms with E-state index in [1.54, 1.807) is 32.5 Å². The number of nitrogens with zero attached hydrogens (tertiary/aromatic N) is 1. The van der Waals surface area contributed by atoms with Crippen molar-refractivity contribution in [2.75, 3.05) is 19.4 Å². The summed E-state index contributed by atoms with van der Waals surface area (Å²) >= 11 is 9.45. The Morgan fingerprint density at radius 3 is 2.75 bits per heavy atom. The average Bonchev–Trinajstić information content (AvgIpc) is 2.82. The van der Waals surface area contributed by atoms with E-state index < -0.39 is 0 Å². The van der Waals surface area contributed by atoms with Crippen molar-refractivity contribution in [1.29, 1.82) is 0 Å². The van der Waals surface area contributed by atoms with Crippen molar-refractivity contribution < 1.29 is 9.21 Å². The quantitative estimate of drug-likeness (QED) is 0.899. The van der Waals surface area contributed by atoms with Gasteiger partial charge in [-0.1, -0.05) is 11.6 Å². The monoisotopic (exact) mass is 356 g/mol. The molecule has 1 N–H and O–H groups in total. The molecule has 0 aliphatic carbocycles. The molecule has 0 saturated heterocycles. The van der Waals surface area contributed by atoms with Gasteiger partial charge in [-0.15, -0.1) is 0 Å². The summed E-state index contributed by atoms with van der Waals surface area (Å²) in [6.45, 7) is 0.519. The molecular formula is C14H14BrClN2O2. The van der Waals surface area contributed by atoms with Crippen LogP contribution in [-0.2, 0) is 6.54 Å². The van der Waals surface area contributed by atoms with Gasteiger partial charge in [0.1, 0.15) is 5.76 Å². The number of hydrogen-bond acceptors (Lipinski definition) is 3. The Balaban J connectivity index is 2.15. The van der Waals surface area contributed by atoms with Crippen LogP contribution < -0.4 is 5.32 Å². The Morgan fingerprint density at radius 2 is 2.15 bits per heavy atom. The summed E-state index contributed by atoms with van der Waals surface area (Å²) in [5, 5.41) is 3.63. The Hall–Kier alpha value is -1.46. The van der Waals surface area contributed by atoms with Crippen LogP contribution in [0, 0.1) is 0 Å². The molecule has 0 radical (unpaired) electrons. The van der Waals surface area contributed by atoms with E-state index in [0.29, 0.717) is 17.1 Å². The normalized spacial score (nSPS) is 10.4. The number of benzene rings is 1. The smallest absolute Gasteiger partial charge is 0.254 e. The van der Waals surface area contributed by atoms with Crippen LogP contribution in [-0.4, -0.2) is 24.9 Å². The lowest BCUT2D eigenvalue weighted by atomic mass is 10.1. The summed E-state index contributed by atoms with van der Waals surface area (Å²) in [4.78, 5) is 13.5. The van der Waals surface area contributed by atoms with Crippen molar-refractivity contribution >= 4 is 39.1 Å². The fraction of sp³-hybridized carbons (Fsp3) is 0.214. The minimum absolute atomic E-state index is 0.127. The first-order valence-corrected chi connectivity index (χ1v) is 7.13. The number of hydrogen-bond donors (Lipinski definition) is 1. The van der Waals surface area contributed by atoms with E-state index in [4.69, 9.17) is 16.0 Å². The van der Waals surface area contributed by atoms with Crippen LogP contribution in [0.5, 0.6) is 0 Å². The van der Waals surface area contributed by atoms with Crippen LogP contribution in [0.1, 0.15) is 16.1 Å². The van der Waals surface area contributed by atoms with Gasteiger partial charge in [0, 0.05) is 19.8 Å². The van der Waals surface area contributed by atoms with E-state index in [1.165, 1.54) is 4.90 Å². The third kappa shape index (κ3) is 3.35. The van der Waals surface area contributed by atoms with Crippen molar-refractivity contribution in [2.24, 2.45) is 0 Å². The molecule has 2 rings (SSSR count). The fourth-order valence-electron chi connectivity index (χ4n) is 1.67. The van der Waals surface area contributed by atoms with Gasteiger partial charge in [0.15, 0.2) is 0 Å². The standard InChI is InChI=1S/C14H14BrClN2O2/c1-18(2)14(19)10-7-9(3-4-12(10)16)17-8-13-11(15)5-6-20-13/h3-7,17H,8H2,1-2H3. The van der Waals surface area contributed by atoms with Crippen molar-refractivity contribution in [2.45, 2.75) is 6.54 Å². The largest absolute Gasteiger partial charge is 0.466 e. The lowest BCUT2D eigenvalue weighted by molar-refractivity contribution is 0.0828. The van der Waals surface area contributed by atoms with Gasteiger partial charge in [-0.3, -0.25) is 4.79 Å². The first-order valence-electron chi connectivity index (χ1n) is 5.96. The fourth-order valence-corrected chi connectivity index (χ4v) is 2.21. The highest BCUT2D eigenvalue weighted by molar-refractivity contribution is 9.10. The average molecular weight is 358 g/mol. The number of furan rings is 1. The molecule has 0 unspecified atom stereocenters. The number of nitrogens with one attached hydrogen (secondary N) is 1. The van der Waals surface area contributed by atoms with Crippen molar-refractivity contribution in [3.05, 3.63) is 51.3 Å². The highest BCUT2D eigenvalue weighted by atomic mass is 79.9. The number of rotatable bonds is 4. The molecule has 4 nitrogen and oxygen atoms in total. The Bertz CT molecular complexity index is 625. The molecule has 0 fully saturated rings. The van der Waals surface area contributed by atoms with Crippen LogP contribution in [0.3, 0.4) is 0 Å². The Morgan fingerprint density at radius 1 is 1.40 bits per heavy atom. The molecule has 1 aromatic carbocycles. The van der Waals surface area contributed by atoms with E-state index in [0.717, 1.165) is 15.9 Å². The van der Waals surface area contributed by atoms with E-state index in [1.807, 2.05) is 12.1 Å². The number of carbonyl (C=O) groups is 1. The van der Waals surface area contributed by atoms with Crippen molar-refractivity contribution in [3.63, 3.8) is 0 Å². The molecule has 0 saturated carbocycles. The van der Waals surface area contributed by atoms with Gasteiger partial charge in [-0.25, -0.2) is 0 Å². The van der Waals surface area contributed by atoms with E-state index >= 15 is 0 Å². The van der Waals surface area contributed by atoms with Gasteiger partial charge >= 0.3 is 0 Å². The van der Waals surface area contributed by atoms with Crippen LogP contribution in [0.15, 0.2) is 39.4 Å². The van der Waals surface area contributed by atoms with Gasteiger partial charge in [0.05, 0.1) is 27.9 Å². The minimum atomic E-state index is -0.127. The van der Waals surface area contributed by atoms with Gasteiger partial charge in [0.25, 0.3) is 5.91 Å². The molecule has 0 spiro atoms. The first-order chi connectivity index (χ1) is 9.49. The molecule has 0 bridgehead atoms. The summed E-state index contributed by atoms with van der Waals surface area (Å²) < 4.78 is 6.22. The van der Waals surface area contributed by atoms with Gasteiger partial charge in [-0.05, 0) is 40.2 Å². The van der Waals surface area contributed by atoms with Gasteiger partial charge < -0.3 is 14.6 Å². The Labute approximate surface area is 130 Å². The molecule has 1 amide bonds. The number of amides is 1. The predicted molar refractivity (Wildman–Crippen MR) is 83.2 cm³/mol. The minimum Gasteiger partial charge on any atom is -0.466 e. The zero-order chi connectivity index (χ0) is 14.7. The van der Waals surface area contributed by atoms with Crippen LogP contribution >= 0.6 is 27.5 Å².